The van der Waals surface area contributed by atoms with Crippen molar-refractivity contribution in [2.45, 2.75) is 31.0 Å². The second-order valence-electron chi connectivity index (χ2n) is 5.45. The van der Waals surface area contributed by atoms with Crippen LogP contribution >= 0.6 is 0 Å². The molecule has 10 heteroatoms. The van der Waals surface area contributed by atoms with E-state index in [0.717, 1.165) is 0 Å². The molecule has 23 heavy (non-hydrogen) atoms. The molecule has 0 amide bonds. The van der Waals surface area contributed by atoms with Crippen LogP contribution in [0.5, 0.6) is 0 Å². The topological polar surface area (TPSA) is 137 Å². The van der Waals surface area contributed by atoms with Crippen molar-refractivity contribution in [2.24, 2.45) is 0 Å². The summed E-state index contributed by atoms with van der Waals surface area (Å²) in [6.45, 7) is 8.15. The molecule has 0 unspecified atom stereocenters. The Hall–Kier alpha value is -2.29. The first-order valence-corrected chi connectivity index (χ1v) is 6.75. The minimum Gasteiger partial charge on any atom is -0.394 e. The van der Waals surface area contributed by atoms with Gasteiger partial charge in [0, 0.05) is 6.20 Å². The van der Waals surface area contributed by atoms with Crippen LogP contribution in [0.3, 0.4) is 0 Å². The monoisotopic (exact) mass is 321 g/mol. The highest BCUT2D eigenvalue weighted by molar-refractivity contribution is 5.99. The molecule has 0 saturated carbocycles. The molecule has 1 aliphatic rings. The van der Waals surface area contributed by atoms with Gasteiger partial charge in [-0.15, -0.1) is 0 Å². The number of hydrogen-bond donors (Lipinski definition) is 5. The highest BCUT2D eigenvalue weighted by Gasteiger charge is 2.53. The zero-order valence-corrected chi connectivity index (χ0v) is 12.1. The second kappa shape index (κ2) is 5.41. The van der Waals surface area contributed by atoms with Crippen molar-refractivity contribution >= 4 is 22.5 Å². The number of aromatic nitrogens is 3. The maximum absolute atomic E-state index is 10.6. The zero-order valence-electron chi connectivity index (χ0n) is 12.1. The summed E-state index contributed by atoms with van der Waals surface area (Å²) in [6, 6.07) is 0. The average molecular weight is 321 g/mol. The number of aliphatic hydroxyl groups is 3. The van der Waals surface area contributed by atoms with Gasteiger partial charge in [-0.3, -0.25) is 10.7 Å². The highest BCUT2D eigenvalue weighted by atomic mass is 16.6. The van der Waals surface area contributed by atoms with E-state index in [2.05, 4.69) is 14.8 Å². The molecule has 0 aliphatic carbocycles. The van der Waals surface area contributed by atoms with E-state index in [0.29, 0.717) is 0 Å². The number of ether oxygens (including phenoxy) is 1. The van der Waals surface area contributed by atoms with Crippen molar-refractivity contribution in [2.75, 3.05) is 12.1 Å². The van der Waals surface area contributed by atoms with Gasteiger partial charge in [-0.2, -0.15) is 0 Å². The van der Waals surface area contributed by atoms with Crippen molar-refractivity contribution < 1.29 is 25.3 Å². The minimum absolute atomic E-state index is 0.0386. The number of nitrogens with one attached hydrogen (secondary N) is 1. The zero-order chi connectivity index (χ0) is 16.8. The van der Waals surface area contributed by atoms with E-state index < -0.39 is 30.6 Å². The Labute approximate surface area is 130 Å². The summed E-state index contributed by atoms with van der Waals surface area (Å²) in [5.74, 6) is 0.0386. The number of fused-ring (bicyclic) bond motifs is 1. The molecule has 1 saturated heterocycles. The van der Waals surface area contributed by atoms with Crippen LogP contribution in [0.4, 0.5) is 11.5 Å². The van der Waals surface area contributed by atoms with Gasteiger partial charge in [-0.05, 0) is 6.92 Å². The van der Waals surface area contributed by atoms with E-state index in [-0.39, 0.29) is 22.5 Å². The first-order valence-electron chi connectivity index (χ1n) is 6.75. The molecule has 3 heterocycles. The van der Waals surface area contributed by atoms with Crippen LogP contribution in [-0.4, -0.2) is 59.5 Å². The van der Waals surface area contributed by atoms with Crippen LogP contribution in [0.25, 0.3) is 15.9 Å². The molecular weight excluding hydrogens is 306 g/mol. The predicted molar refractivity (Wildman–Crippen MR) is 76.8 cm³/mol. The minimum atomic E-state index is -1.71. The summed E-state index contributed by atoms with van der Waals surface area (Å²) in [7, 11) is 0. The third kappa shape index (κ3) is 2.14. The Balaban J connectivity index is 2.20. The highest BCUT2D eigenvalue weighted by Crippen LogP contribution is 2.42. The van der Waals surface area contributed by atoms with Crippen molar-refractivity contribution in [3.05, 3.63) is 23.9 Å². The fraction of sp³-hybridized carbons (Fsp3) is 0.462. The van der Waals surface area contributed by atoms with Crippen molar-refractivity contribution in [3.8, 4) is 0 Å². The SMILES string of the molecule is [C-]#[N+]c1cn([C@@H]2O[C@H](CO)[C@@H](O)[C@@]2(C)O)c2ncnc(NO)c12. The van der Waals surface area contributed by atoms with Crippen LogP contribution in [0.1, 0.15) is 13.2 Å². The van der Waals surface area contributed by atoms with Gasteiger partial charge in [0.15, 0.2) is 12.0 Å². The maximum atomic E-state index is 10.6. The number of aliphatic hydroxyl groups excluding tert-OH is 2. The summed E-state index contributed by atoms with van der Waals surface area (Å²) in [5.41, 5.74) is 0.558. The van der Waals surface area contributed by atoms with E-state index in [9.17, 15) is 15.3 Å². The van der Waals surface area contributed by atoms with E-state index in [1.54, 1.807) is 0 Å². The van der Waals surface area contributed by atoms with Gasteiger partial charge in [0.1, 0.15) is 29.8 Å². The number of hydrogen-bond acceptors (Lipinski definition) is 8. The molecule has 0 radical (unpaired) electrons. The van der Waals surface area contributed by atoms with Gasteiger partial charge in [0.25, 0.3) is 0 Å². The first-order chi connectivity index (χ1) is 11.0. The summed E-state index contributed by atoms with van der Waals surface area (Å²) in [6.07, 6.45) is -0.799. The summed E-state index contributed by atoms with van der Waals surface area (Å²) in [4.78, 5) is 11.3. The largest absolute Gasteiger partial charge is 0.394 e. The standard InChI is InChI=1S/C13H15N5O5/c1-13(21)9(20)7(4-19)23-12(13)18-3-6(14-2)8-10(17-22)15-5-16-11(8)18/h3,5,7,9,12,19-22H,4H2,1H3,(H,15,16,17)/t7-,9-,12-,13-/m1/s1. The molecule has 2 aromatic heterocycles. The molecule has 2 aromatic rings. The number of anilines is 1. The third-order valence-corrected chi connectivity index (χ3v) is 4.00. The normalized spacial score (nSPS) is 30.5. The Morgan fingerprint density at radius 3 is 2.83 bits per heavy atom. The van der Waals surface area contributed by atoms with Gasteiger partial charge >= 0.3 is 0 Å². The predicted octanol–water partition coefficient (Wildman–Crippen LogP) is -0.215. The third-order valence-electron chi connectivity index (χ3n) is 4.00. The van der Waals surface area contributed by atoms with E-state index in [1.807, 2.05) is 5.48 Å². The van der Waals surface area contributed by atoms with Gasteiger partial charge in [-0.25, -0.2) is 14.8 Å². The smallest absolute Gasteiger partial charge is 0.217 e. The average Bonchev–Trinajstić information content (AvgIpc) is 3.03. The molecule has 0 spiro atoms. The van der Waals surface area contributed by atoms with Crippen LogP contribution in [0.15, 0.2) is 12.5 Å². The van der Waals surface area contributed by atoms with Gasteiger partial charge in [0.05, 0.1) is 18.6 Å². The fourth-order valence-corrected chi connectivity index (χ4v) is 2.80. The molecule has 0 aromatic carbocycles. The number of nitrogens with zero attached hydrogens (tertiary/aromatic N) is 4. The maximum Gasteiger partial charge on any atom is 0.217 e. The summed E-state index contributed by atoms with van der Waals surface area (Å²) in [5, 5.41) is 39.3. The van der Waals surface area contributed by atoms with E-state index >= 15 is 0 Å². The van der Waals surface area contributed by atoms with Gasteiger partial charge in [-0.1, -0.05) is 0 Å². The Bertz CT molecular complexity index is 783. The summed E-state index contributed by atoms with van der Waals surface area (Å²) >= 11 is 0. The molecule has 4 atom stereocenters. The van der Waals surface area contributed by atoms with Gasteiger partial charge < -0.3 is 24.6 Å². The van der Waals surface area contributed by atoms with Gasteiger partial charge in [0.2, 0.25) is 5.69 Å². The molecule has 10 nitrogen and oxygen atoms in total. The van der Waals surface area contributed by atoms with E-state index in [1.165, 1.54) is 24.0 Å². The molecule has 3 rings (SSSR count). The second-order valence-corrected chi connectivity index (χ2v) is 5.45. The van der Waals surface area contributed by atoms with Crippen LogP contribution in [0.2, 0.25) is 0 Å². The summed E-state index contributed by atoms with van der Waals surface area (Å²) < 4.78 is 6.91. The molecule has 122 valence electrons. The lowest BCUT2D eigenvalue weighted by molar-refractivity contribution is -0.0947. The lowest BCUT2D eigenvalue weighted by Crippen LogP contribution is -2.44. The lowest BCUT2D eigenvalue weighted by atomic mass is 9.96. The van der Waals surface area contributed by atoms with Crippen LogP contribution < -0.4 is 5.48 Å². The first kappa shape index (κ1) is 15.6. The van der Waals surface area contributed by atoms with Crippen LogP contribution in [0, 0.1) is 6.57 Å². The molecule has 1 fully saturated rings. The Kier molecular flexibility index (Phi) is 3.67. The molecule has 5 N–H and O–H groups in total. The molecular formula is C13H15N5O5. The van der Waals surface area contributed by atoms with E-state index in [4.69, 9.17) is 16.5 Å². The van der Waals surface area contributed by atoms with Crippen LogP contribution in [-0.2, 0) is 4.74 Å². The lowest BCUT2D eigenvalue weighted by Gasteiger charge is -2.27. The molecule has 0 bridgehead atoms. The Morgan fingerprint density at radius 2 is 2.26 bits per heavy atom. The van der Waals surface area contributed by atoms with Crippen molar-refractivity contribution in [3.63, 3.8) is 0 Å². The number of rotatable bonds is 3. The molecule has 1 aliphatic heterocycles. The quantitative estimate of drug-likeness (QED) is 0.387. The Morgan fingerprint density at radius 1 is 1.52 bits per heavy atom. The van der Waals surface area contributed by atoms with Crippen molar-refractivity contribution in [1.82, 2.24) is 14.5 Å². The fourth-order valence-electron chi connectivity index (χ4n) is 2.80. The van der Waals surface area contributed by atoms with Crippen molar-refractivity contribution in [1.29, 1.82) is 0 Å².